The fourth-order valence-corrected chi connectivity index (χ4v) is 3.39. The van der Waals surface area contributed by atoms with E-state index in [4.69, 9.17) is 11.6 Å². The van der Waals surface area contributed by atoms with Crippen LogP contribution in [-0.4, -0.2) is 33.4 Å². The van der Waals surface area contributed by atoms with Gasteiger partial charge in [-0.15, -0.1) is 0 Å². The molecule has 1 aromatic carbocycles. The Kier molecular flexibility index (Phi) is 4.39. The Labute approximate surface area is 139 Å². The van der Waals surface area contributed by atoms with Crippen LogP contribution in [0.2, 0.25) is 5.02 Å². The number of hydrogen-bond donors (Lipinski definition) is 0. The van der Waals surface area contributed by atoms with E-state index < -0.39 is 5.82 Å². The maximum atomic E-state index is 14.1. The van der Waals surface area contributed by atoms with Crippen molar-refractivity contribution in [3.8, 4) is 0 Å². The van der Waals surface area contributed by atoms with Crippen LogP contribution in [0.4, 0.5) is 4.39 Å². The second-order valence-electron chi connectivity index (χ2n) is 6.04. The highest BCUT2D eigenvalue weighted by Crippen LogP contribution is 2.29. The van der Waals surface area contributed by atoms with E-state index >= 15 is 0 Å². The number of halogens is 2. The number of piperidine rings is 1. The number of aryl methyl sites for hydroxylation is 2. The van der Waals surface area contributed by atoms with E-state index in [0.717, 1.165) is 18.7 Å². The van der Waals surface area contributed by atoms with E-state index in [-0.39, 0.29) is 22.4 Å². The summed E-state index contributed by atoms with van der Waals surface area (Å²) < 4.78 is 16.1. The van der Waals surface area contributed by atoms with Gasteiger partial charge in [0.15, 0.2) is 0 Å². The average Bonchev–Trinajstić information content (AvgIpc) is 2.97. The van der Waals surface area contributed by atoms with Crippen molar-refractivity contribution in [1.82, 2.24) is 14.5 Å². The molecule has 122 valence electrons. The first-order chi connectivity index (χ1) is 11.0. The third-order valence-electron chi connectivity index (χ3n) is 4.43. The topological polar surface area (TPSA) is 38.1 Å². The van der Waals surface area contributed by atoms with Crippen molar-refractivity contribution in [3.63, 3.8) is 0 Å². The minimum atomic E-state index is -0.565. The normalized spacial score (nSPS) is 18.3. The van der Waals surface area contributed by atoms with E-state index in [2.05, 4.69) is 4.98 Å². The van der Waals surface area contributed by atoms with E-state index in [1.165, 1.54) is 6.07 Å². The highest BCUT2D eigenvalue weighted by atomic mass is 35.5. The Morgan fingerprint density at radius 3 is 2.91 bits per heavy atom. The summed E-state index contributed by atoms with van der Waals surface area (Å²) in [5.74, 6) is 0.220. The lowest BCUT2D eigenvalue weighted by Gasteiger charge is -2.32. The molecule has 0 unspecified atom stereocenters. The molecule has 6 heteroatoms. The SMILES string of the molecule is Cc1ccc(F)c(C(=O)N2CCC[C@@H](c3nccn3C)C2)c1Cl. The molecule has 2 aromatic rings. The monoisotopic (exact) mass is 335 g/mol. The molecule has 0 saturated carbocycles. The fraction of sp³-hybridized carbons (Fsp3) is 0.412. The molecule has 1 amide bonds. The fourth-order valence-electron chi connectivity index (χ4n) is 3.15. The Bertz CT molecular complexity index is 743. The van der Waals surface area contributed by atoms with Crippen molar-refractivity contribution in [2.75, 3.05) is 13.1 Å². The molecule has 0 aliphatic carbocycles. The van der Waals surface area contributed by atoms with Crippen molar-refractivity contribution in [3.05, 3.63) is 52.3 Å². The molecule has 1 fully saturated rings. The first-order valence-electron chi connectivity index (χ1n) is 7.70. The smallest absolute Gasteiger partial charge is 0.258 e. The van der Waals surface area contributed by atoms with Crippen LogP contribution in [0.3, 0.4) is 0 Å². The van der Waals surface area contributed by atoms with Crippen molar-refractivity contribution < 1.29 is 9.18 Å². The number of rotatable bonds is 2. The predicted molar refractivity (Wildman–Crippen MR) is 87.2 cm³/mol. The van der Waals surface area contributed by atoms with Gasteiger partial charge in [0.05, 0.1) is 10.6 Å². The van der Waals surface area contributed by atoms with Crippen LogP contribution in [0.15, 0.2) is 24.5 Å². The van der Waals surface area contributed by atoms with Gasteiger partial charge in [0, 0.05) is 38.4 Å². The molecule has 23 heavy (non-hydrogen) atoms. The molecule has 1 atom stereocenters. The molecule has 0 bridgehead atoms. The van der Waals surface area contributed by atoms with Crippen LogP contribution in [0.5, 0.6) is 0 Å². The molecule has 0 radical (unpaired) electrons. The number of amides is 1. The van der Waals surface area contributed by atoms with Crippen molar-refractivity contribution in [1.29, 1.82) is 0 Å². The zero-order chi connectivity index (χ0) is 16.6. The van der Waals surface area contributed by atoms with Gasteiger partial charge in [-0.05, 0) is 31.4 Å². The maximum absolute atomic E-state index is 14.1. The number of imidazole rings is 1. The number of nitrogens with zero attached hydrogens (tertiary/aromatic N) is 3. The summed E-state index contributed by atoms with van der Waals surface area (Å²) in [5, 5.41) is 0.203. The zero-order valence-corrected chi connectivity index (χ0v) is 14.0. The summed E-state index contributed by atoms with van der Waals surface area (Å²) in [6, 6.07) is 2.88. The third kappa shape index (κ3) is 2.98. The van der Waals surface area contributed by atoms with Crippen molar-refractivity contribution >= 4 is 17.5 Å². The molecular weight excluding hydrogens is 317 g/mol. The molecule has 1 saturated heterocycles. The standard InChI is InChI=1S/C17H19ClFN3O/c1-11-5-6-13(19)14(15(11)18)17(23)22-8-3-4-12(10-22)16-20-7-9-21(16)2/h5-7,9,12H,3-4,8,10H2,1-2H3/t12-/m1/s1. The largest absolute Gasteiger partial charge is 0.338 e. The molecule has 1 aliphatic rings. The number of carbonyl (C=O) groups excluding carboxylic acids is 1. The predicted octanol–water partition coefficient (Wildman–Crippen LogP) is 3.54. The quantitative estimate of drug-likeness (QED) is 0.842. The van der Waals surface area contributed by atoms with Gasteiger partial charge in [-0.25, -0.2) is 9.37 Å². The number of carbonyl (C=O) groups is 1. The summed E-state index contributed by atoms with van der Waals surface area (Å²) in [7, 11) is 1.94. The summed E-state index contributed by atoms with van der Waals surface area (Å²) in [5.41, 5.74) is 0.682. The van der Waals surface area contributed by atoms with Crippen LogP contribution in [-0.2, 0) is 7.05 Å². The molecule has 4 nitrogen and oxygen atoms in total. The maximum Gasteiger partial charge on any atom is 0.258 e. The second kappa shape index (κ2) is 6.32. The molecule has 0 spiro atoms. The number of hydrogen-bond acceptors (Lipinski definition) is 2. The second-order valence-corrected chi connectivity index (χ2v) is 6.42. The van der Waals surface area contributed by atoms with Gasteiger partial charge in [0.25, 0.3) is 5.91 Å². The van der Waals surface area contributed by atoms with Gasteiger partial charge in [-0.1, -0.05) is 17.7 Å². The molecule has 2 heterocycles. The van der Waals surface area contributed by atoms with Crippen LogP contribution in [0.25, 0.3) is 0 Å². The van der Waals surface area contributed by atoms with E-state index in [0.29, 0.717) is 18.7 Å². The number of likely N-dealkylation sites (tertiary alicyclic amines) is 1. The summed E-state index contributed by atoms with van der Waals surface area (Å²) in [4.78, 5) is 18.8. The Balaban J connectivity index is 1.86. The van der Waals surface area contributed by atoms with Gasteiger partial charge in [-0.3, -0.25) is 4.79 Å². The van der Waals surface area contributed by atoms with E-state index in [9.17, 15) is 9.18 Å². The summed E-state index contributed by atoms with van der Waals surface area (Å²) in [6.45, 7) is 2.92. The van der Waals surface area contributed by atoms with Crippen LogP contribution in [0.1, 0.15) is 40.5 Å². The average molecular weight is 336 g/mol. The summed E-state index contributed by atoms with van der Waals surface area (Å²) in [6.07, 6.45) is 5.49. The Morgan fingerprint density at radius 2 is 2.22 bits per heavy atom. The minimum absolute atomic E-state index is 0.0212. The first kappa shape index (κ1) is 16.0. The molecule has 3 rings (SSSR count). The number of benzene rings is 1. The van der Waals surface area contributed by atoms with Gasteiger partial charge in [0.1, 0.15) is 11.6 Å². The van der Waals surface area contributed by atoms with Crippen LogP contribution < -0.4 is 0 Å². The van der Waals surface area contributed by atoms with Crippen molar-refractivity contribution in [2.24, 2.45) is 7.05 Å². The minimum Gasteiger partial charge on any atom is -0.338 e. The zero-order valence-electron chi connectivity index (χ0n) is 13.2. The lowest BCUT2D eigenvalue weighted by atomic mass is 9.96. The van der Waals surface area contributed by atoms with Crippen LogP contribution >= 0.6 is 11.6 Å². The highest BCUT2D eigenvalue weighted by molar-refractivity contribution is 6.34. The Morgan fingerprint density at radius 1 is 1.43 bits per heavy atom. The van der Waals surface area contributed by atoms with Crippen molar-refractivity contribution in [2.45, 2.75) is 25.7 Å². The first-order valence-corrected chi connectivity index (χ1v) is 8.08. The van der Waals surface area contributed by atoms with E-state index in [1.807, 2.05) is 17.8 Å². The highest BCUT2D eigenvalue weighted by Gasteiger charge is 2.30. The lowest BCUT2D eigenvalue weighted by Crippen LogP contribution is -2.40. The van der Waals surface area contributed by atoms with Crippen LogP contribution in [0, 0.1) is 12.7 Å². The van der Waals surface area contributed by atoms with Gasteiger partial charge in [0.2, 0.25) is 0 Å². The van der Waals surface area contributed by atoms with E-state index in [1.54, 1.807) is 24.1 Å². The summed E-state index contributed by atoms with van der Waals surface area (Å²) >= 11 is 6.17. The molecular formula is C17H19ClFN3O. The number of aromatic nitrogens is 2. The van der Waals surface area contributed by atoms with Gasteiger partial charge < -0.3 is 9.47 Å². The molecule has 0 N–H and O–H groups in total. The van der Waals surface area contributed by atoms with Gasteiger partial charge in [-0.2, -0.15) is 0 Å². The molecule has 1 aromatic heterocycles. The molecule has 1 aliphatic heterocycles. The Hall–Kier alpha value is -1.88. The van der Waals surface area contributed by atoms with Gasteiger partial charge >= 0.3 is 0 Å². The lowest BCUT2D eigenvalue weighted by molar-refractivity contribution is 0.0699. The third-order valence-corrected chi connectivity index (χ3v) is 4.92.